The zero-order chi connectivity index (χ0) is 19.1. The van der Waals surface area contributed by atoms with Crippen molar-refractivity contribution in [3.05, 3.63) is 58.9 Å². The fourth-order valence-electron chi connectivity index (χ4n) is 4.01. The number of nitrogens with one attached hydrogen (secondary N) is 2. The Bertz CT molecular complexity index is 1040. The third-order valence-electron chi connectivity index (χ3n) is 5.52. The van der Waals surface area contributed by atoms with Gasteiger partial charge >= 0.3 is 0 Å². The van der Waals surface area contributed by atoms with Crippen LogP contribution in [0.25, 0.3) is 10.2 Å². The molecule has 2 aromatic carbocycles. The standard InChI is InChI=1S/C21H21FN4OS/c22-15-4-1-13-2-5-17(16(13)12-15)24-20(27)14-3-6-18-19(11-14)28-21(25-18)26-9-7-23-8-10-26/h1,3-4,6,11-12,17,23H,2,5,7-10H2,(H,24,27)/t17-/m0/s1. The van der Waals surface area contributed by atoms with Crippen LogP contribution in [0.1, 0.15) is 33.9 Å². The molecule has 0 spiro atoms. The normalized spacial score (nSPS) is 19.0. The van der Waals surface area contributed by atoms with E-state index in [2.05, 4.69) is 15.5 Å². The number of carbonyl (C=O) groups excluding carboxylic acids is 1. The number of halogens is 1. The minimum Gasteiger partial charge on any atom is -0.346 e. The number of aromatic nitrogens is 1. The van der Waals surface area contributed by atoms with Gasteiger partial charge in [-0.25, -0.2) is 9.37 Å². The first-order valence-electron chi connectivity index (χ1n) is 9.63. The molecular weight excluding hydrogens is 375 g/mol. The number of fused-ring (bicyclic) bond motifs is 2. The van der Waals surface area contributed by atoms with Gasteiger partial charge in [0.05, 0.1) is 16.3 Å². The van der Waals surface area contributed by atoms with E-state index in [0.717, 1.165) is 65.5 Å². The molecule has 0 saturated carbocycles. The van der Waals surface area contributed by atoms with Crippen LogP contribution < -0.4 is 15.5 Å². The summed E-state index contributed by atoms with van der Waals surface area (Å²) in [6, 6.07) is 10.4. The van der Waals surface area contributed by atoms with Crippen molar-refractivity contribution in [2.24, 2.45) is 0 Å². The first-order chi connectivity index (χ1) is 13.7. The zero-order valence-corrected chi connectivity index (χ0v) is 16.2. The Kier molecular flexibility index (Phi) is 4.49. The van der Waals surface area contributed by atoms with Gasteiger partial charge in [-0.2, -0.15) is 0 Å². The maximum Gasteiger partial charge on any atom is 0.251 e. The van der Waals surface area contributed by atoms with E-state index in [1.54, 1.807) is 17.4 Å². The van der Waals surface area contributed by atoms with E-state index in [4.69, 9.17) is 4.98 Å². The van der Waals surface area contributed by atoms with Crippen LogP contribution in [-0.4, -0.2) is 37.1 Å². The van der Waals surface area contributed by atoms with E-state index in [-0.39, 0.29) is 17.8 Å². The Morgan fingerprint density at radius 2 is 2.07 bits per heavy atom. The van der Waals surface area contributed by atoms with Gasteiger partial charge < -0.3 is 15.5 Å². The summed E-state index contributed by atoms with van der Waals surface area (Å²) < 4.78 is 14.6. The van der Waals surface area contributed by atoms with Gasteiger partial charge in [0.1, 0.15) is 5.82 Å². The Morgan fingerprint density at radius 1 is 1.21 bits per heavy atom. The first kappa shape index (κ1) is 17.6. The molecule has 5 nitrogen and oxygen atoms in total. The predicted molar refractivity (Wildman–Crippen MR) is 110 cm³/mol. The second-order valence-corrected chi connectivity index (χ2v) is 8.33. The molecule has 1 fully saturated rings. The monoisotopic (exact) mass is 396 g/mol. The number of piperazine rings is 1. The van der Waals surface area contributed by atoms with E-state index in [1.807, 2.05) is 24.3 Å². The third-order valence-corrected chi connectivity index (χ3v) is 6.60. The van der Waals surface area contributed by atoms with Crippen molar-refractivity contribution in [3.63, 3.8) is 0 Å². The van der Waals surface area contributed by atoms with Crippen molar-refractivity contribution in [1.82, 2.24) is 15.6 Å². The van der Waals surface area contributed by atoms with Crippen molar-refractivity contribution in [2.75, 3.05) is 31.1 Å². The van der Waals surface area contributed by atoms with Crippen LogP contribution in [0, 0.1) is 5.82 Å². The molecule has 0 radical (unpaired) electrons. The topological polar surface area (TPSA) is 57.3 Å². The van der Waals surface area contributed by atoms with E-state index >= 15 is 0 Å². The quantitative estimate of drug-likeness (QED) is 0.714. The van der Waals surface area contributed by atoms with Crippen LogP contribution in [0.4, 0.5) is 9.52 Å². The maximum absolute atomic E-state index is 13.6. The summed E-state index contributed by atoms with van der Waals surface area (Å²) in [5.41, 5.74) is 3.55. The molecule has 28 heavy (non-hydrogen) atoms. The molecule has 7 heteroatoms. The largest absolute Gasteiger partial charge is 0.346 e. The Morgan fingerprint density at radius 3 is 2.93 bits per heavy atom. The van der Waals surface area contributed by atoms with Gasteiger partial charge in [-0.3, -0.25) is 4.79 Å². The second-order valence-electron chi connectivity index (χ2n) is 7.32. The molecule has 1 aromatic heterocycles. The first-order valence-corrected chi connectivity index (χ1v) is 10.4. The number of carbonyl (C=O) groups is 1. The summed E-state index contributed by atoms with van der Waals surface area (Å²) in [7, 11) is 0. The SMILES string of the molecule is O=C(N[C@H]1CCc2ccc(F)cc21)c1ccc2nc(N3CCNCC3)sc2c1. The second kappa shape index (κ2) is 7.14. The molecular formula is C21H21FN4OS. The van der Waals surface area contributed by atoms with Gasteiger partial charge in [0.25, 0.3) is 5.91 Å². The summed E-state index contributed by atoms with van der Waals surface area (Å²) in [5, 5.41) is 7.43. The van der Waals surface area contributed by atoms with Crippen LogP contribution in [0.5, 0.6) is 0 Å². The molecule has 144 valence electrons. The lowest BCUT2D eigenvalue weighted by Gasteiger charge is -2.26. The predicted octanol–water partition coefficient (Wildman–Crippen LogP) is 3.26. The van der Waals surface area contributed by atoms with Crippen molar-refractivity contribution in [2.45, 2.75) is 18.9 Å². The number of anilines is 1. The molecule has 1 aliphatic heterocycles. The lowest BCUT2D eigenvalue weighted by atomic mass is 10.1. The minimum atomic E-state index is -0.258. The summed E-state index contributed by atoms with van der Waals surface area (Å²) in [6.07, 6.45) is 1.67. The van der Waals surface area contributed by atoms with E-state index in [1.165, 1.54) is 6.07 Å². The van der Waals surface area contributed by atoms with Crippen molar-refractivity contribution in [1.29, 1.82) is 0 Å². The van der Waals surface area contributed by atoms with Gasteiger partial charge in [-0.15, -0.1) is 0 Å². The van der Waals surface area contributed by atoms with Crippen LogP contribution >= 0.6 is 11.3 Å². The van der Waals surface area contributed by atoms with Crippen LogP contribution in [0.3, 0.4) is 0 Å². The minimum absolute atomic E-state index is 0.124. The average Bonchev–Trinajstić information content (AvgIpc) is 3.32. The lowest BCUT2D eigenvalue weighted by Crippen LogP contribution is -2.43. The number of aryl methyl sites for hydroxylation is 1. The van der Waals surface area contributed by atoms with Gasteiger partial charge in [0, 0.05) is 31.7 Å². The van der Waals surface area contributed by atoms with Gasteiger partial charge in [-0.05, 0) is 54.3 Å². The van der Waals surface area contributed by atoms with Crippen molar-refractivity contribution < 1.29 is 9.18 Å². The number of rotatable bonds is 3. The van der Waals surface area contributed by atoms with E-state index in [9.17, 15) is 9.18 Å². The van der Waals surface area contributed by atoms with E-state index in [0.29, 0.717) is 5.56 Å². The Labute approximate surface area is 166 Å². The third kappa shape index (κ3) is 3.25. The highest BCUT2D eigenvalue weighted by Gasteiger charge is 2.25. The van der Waals surface area contributed by atoms with E-state index < -0.39 is 0 Å². The summed E-state index contributed by atoms with van der Waals surface area (Å²) in [5.74, 6) is -0.382. The highest BCUT2D eigenvalue weighted by molar-refractivity contribution is 7.22. The summed E-state index contributed by atoms with van der Waals surface area (Å²) in [6.45, 7) is 3.83. The summed E-state index contributed by atoms with van der Waals surface area (Å²) in [4.78, 5) is 19.8. The smallest absolute Gasteiger partial charge is 0.251 e. The van der Waals surface area contributed by atoms with Crippen LogP contribution in [0.2, 0.25) is 0 Å². The molecule has 1 amide bonds. The fourth-order valence-corrected chi connectivity index (χ4v) is 5.07. The average molecular weight is 396 g/mol. The molecule has 0 bridgehead atoms. The molecule has 1 aliphatic carbocycles. The number of hydrogen-bond acceptors (Lipinski definition) is 5. The molecule has 2 N–H and O–H groups in total. The zero-order valence-electron chi connectivity index (χ0n) is 15.4. The van der Waals surface area contributed by atoms with Gasteiger partial charge in [-0.1, -0.05) is 17.4 Å². The maximum atomic E-state index is 13.6. The molecule has 1 saturated heterocycles. The Balaban J connectivity index is 1.36. The summed E-state index contributed by atoms with van der Waals surface area (Å²) >= 11 is 1.63. The highest BCUT2D eigenvalue weighted by atomic mass is 32.1. The number of hydrogen-bond donors (Lipinski definition) is 2. The molecule has 1 atom stereocenters. The fraction of sp³-hybridized carbons (Fsp3) is 0.333. The molecule has 2 aliphatic rings. The molecule has 0 unspecified atom stereocenters. The highest BCUT2D eigenvalue weighted by Crippen LogP contribution is 2.33. The molecule has 5 rings (SSSR count). The number of amides is 1. The molecule has 2 heterocycles. The van der Waals surface area contributed by atoms with Gasteiger partial charge in [0.2, 0.25) is 0 Å². The van der Waals surface area contributed by atoms with Crippen molar-refractivity contribution >= 4 is 32.6 Å². The number of thiazole rings is 1. The lowest BCUT2D eigenvalue weighted by molar-refractivity contribution is 0.0937. The van der Waals surface area contributed by atoms with Crippen LogP contribution in [-0.2, 0) is 6.42 Å². The number of nitrogens with zero attached hydrogens (tertiary/aromatic N) is 2. The van der Waals surface area contributed by atoms with Crippen LogP contribution in [0.15, 0.2) is 36.4 Å². The Hall–Kier alpha value is -2.51. The molecule has 3 aromatic rings. The van der Waals surface area contributed by atoms with Crippen molar-refractivity contribution in [3.8, 4) is 0 Å². The number of benzene rings is 2. The van der Waals surface area contributed by atoms with Gasteiger partial charge in [0.15, 0.2) is 5.13 Å².